The minimum Gasteiger partial charge on any atom is -0.494 e. The fourth-order valence-electron chi connectivity index (χ4n) is 4.25. The van der Waals surface area contributed by atoms with Crippen molar-refractivity contribution in [2.45, 2.75) is 32.7 Å². The van der Waals surface area contributed by atoms with Crippen molar-refractivity contribution in [2.24, 2.45) is 7.05 Å². The van der Waals surface area contributed by atoms with Gasteiger partial charge in [0.1, 0.15) is 17.3 Å². The summed E-state index contributed by atoms with van der Waals surface area (Å²) in [6, 6.07) is 17.3. The molecule has 0 radical (unpaired) electrons. The summed E-state index contributed by atoms with van der Waals surface area (Å²) in [5, 5.41) is 7.61. The Morgan fingerprint density at radius 3 is 2.70 bits per heavy atom. The molecule has 0 unspecified atom stereocenters. The van der Waals surface area contributed by atoms with E-state index in [0.29, 0.717) is 12.3 Å². The van der Waals surface area contributed by atoms with Crippen LogP contribution in [0.5, 0.6) is 5.75 Å². The molecule has 0 spiro atoms. The summed E-state index contributed by atoms with van der Waals surface area (Å²) < 4.78 is 9.34. The van der Waals surface area contributed by atoms with Crippen LogP contribution in [0.15, 0.2) is 60.8 Å². The van der Waals surface area contributed by atoms with Gasteiger partial charge in [-0.1, -0.05) is 18.2 Å². The summed E-state index contributed by atoms with van der Waals surface area (Å²) in [5.41, 5.74) is 4.70. The Kier molecular flexibility index (Phi) is 5.69. The number of rotatable bonds is 6. The van der Waals surface area contributed by atoms with E-state index in [9.17, 15) is 4.79 Å². The Labute approximate surface area is 193 Å². The van der Waals surface area contributed by atoms with Crippen molar-refractivity contribution in [1.82, 2.24) is 19.3 Å². The van der Waals surface area contributed by atoms with Crippen LogP contribution >= 0.6 is 0 Å². The third-order valence-corrected chi connectivity index (χ3v) is 5.93. The van der Waals surface area contributed by atoms with Gasteiger partial charge in [-0.25, -0.2) is 4.98 Å². The number of aromatic nitrogens is 4. The van der Waals surface area contributed by atoms with E-state index in [1.54, 1.807) is 11.7 Å². The van der Waals surface area contributed by atoms with Gasteiger partial charge in [0.05, 0.1) is 23.7 Å². The second-order valence-electron chi connectivity index (χ2n) is 8.19. The van der Waals surface area contributed by atoms with E-state index in [4.69, 9.17) is 9.72 Å². The first-order valence-electron chi connectivity index (χ1n) is 11.4. The molecule has 1 aliphatic rings. The quantitative estimate of drug-likeness (QED) is 0.460. The first-order chi connectivity index (χ1) is 16.1. The Bertz CT molecular complexity index is 1260. The van der Waals surface area contributed by atoms with Crippen LogP contribution in [0.1, 0.15) is 36.1 Å². The largest absolute Gasteiger partial charge is 0.494 e. The van der Waals surface area contributed by atoms with E-state index in [0.717, 1.165) is 52.7 Å². The lowest BCUT2D eigenvalue weighted by molar-refractivity contribution is 0.101. The summed E-state index contributed by atoms with van der Waals surface area (Å²) in [4.78, 5) is 18.0. The van der Waals surface area contributed by atoms with Gasteiger partial charge in [-0.2, -0.15) is 5.10 Å². The molecule has 0 atom stereocenters. The lowest BCUT2D eigenvalue weighted by Crippen LogP contribution is -2.16. The lowest BCUT2D eigenvalue weighted by atomic mass is 10.1. The third kappa shape index (κ3) is 4.26. The smallest absolute Gasteiger partial charge is 0.273 e. The monoisotopic (exact) mass is 441 g/mol. The molecule has 5 rings (SSSR count). The number of ether oxygens (including phenoxy) is 1. The van der Waals surface area contributed by atoms with Gasteiger partial charge < -0.3 is 14.6 Å². The number of imidazole rings is 1. The van der Waals surface area contributed by atoms with Gasteiger partial charge in [-0.05, 0) is 56.2 Å². The van der Waals surface area contributed by atoms with Crippen LogP contribution in [0.25, 0.3) is 22.5 Å². The molecule has 33 heavy (non-hydrogen) atoms. The van der Waals surface area contributed by atoms with Crippen molar-refractivity contribution < 1.29 is 9.53 Å². The SMILES string of the molecule is CCOc1ccc(-c2cc(C(=O)Nc3ccccc3-c3cn4c(n3)CCCC4)n(C)n2)cc1. The molecule has 7 heteroatoms. The van der Waals surface area contributed by atoms with Crippen molar-refractivity contribution in [3.63, 3.8) is 0 Å². The zero-order valence-electron chi connectivity index (χ0n) is 18.9. The number of nitrogens with one attached hydrogen (secondary N) is 1. The fourth-order valence-corrected chi connectivity index (χ4v) is 4.25. The molecule has 0 fully saturated rings. The van der Waals surface area contributed by atoms with Crippen LogP contribution in [0, 0.1) is 0 Å². The summed E-state index contributed by atoms with van der Waals surface area (Å²) in [6.07, 6.45) is 5.44. The molecule has 1 amide bonds. The summed E-state index contributed by atoms with van der Waals surface area (Å²) in [5.74, 6) is 1.72. The van der Waals surface area contributed by atoms with E-state index < -0.39 is 0 Å². The molecule has 1 N–H and O–H groups in total. The second kappa shape index (κ2) is 8.94. The molecule has 4 aromatic rings. The van der Waals surface area contributed by atoms with E-state index in [1.165, 1.54) is 12.8 Å². The summed E-state index contributed by atoms with van der Waals surface area (Å²) in [7, 11) is 1.78. The molecule has 7 nitrogen and oxygen atoms in total. The van der Waals surface area contributed by atoms with Crippen LogP contribution in [0.3, 0.4) is 0 Å². The molecule has 168 valence electrons. The van der Waals surface area contributed by atoms with Gasteiger partial charge in [-0.3, -0.25) is 9.48 Å². The molecular weight excluding hydrogens is 414 g/mol. The minimum absolute atomic E-state index is 0.210. The van der Waals surface area contributed by atoms with Crippen LogP contribution < -0.4 is 10.1 Å². The summed E-state index contributed by atoms with van der Waals surface area (Å²) >= 11 is 0. The van der Waals surface area contributed by atoms with Gasteiger partial charge >= 0.3 is 0 Å². The zero-order chi connectivity index (χ0) is 22.8. The van der Waals surface area contributed by atoms with Crippen LogP contribution in [0.4, 0.5) is 5.69 Å². The number of para-hydroxylation sites is 1. The first-order valence-corrected chi connectivity index (χ1v) is 11.4. The molecule has 0 saturated heterocycles. The van der Waals surface area contributed by atoms with Gasteiger partial charge in [0.15, 0.2) is 0 Å². The van der Waals surface area contributed by atoms with Gasteiger partial charge in [0.2, 0.25) is 0 Å². The zero-order valence-corrected chi connectivity index (χ0v) is 18.9. The number of anilines is 1. The molecular formula is C26H27N5O2. The van der Waals surface area contributed by atoms with E-state index in [2.05, 4.69) is 21.2 Å². The predicted molar refractivity (Wildman–Crippen MR) is 128 cm³/mol. The maximum absolute atomic E-state index is 13.2. The van der Waals surface area contributed by atoms with Crippen LogP contribution in [-0.2, 0) is 20.0 Å². The maximum atomic E-state index is 13.2. The molecule has 0 saturated carbocycles. The van der Waals surface area contributed by atoms with Crippen LogP contribution in [-0.4, -0.2) is 31.8 Å². The molecule has 0 bridgehead atoms. The number of nitrogens with zero attached hydrogens (tertiary/aromatic N) is 4. The van der Waals surface area contributed by atoms with Crippen molar-refractivity contribution in [3.8, 4) is 28.3 Å². The number of hydrogen-bond donors (Lipinski definition) is 1. The highest BCUT2D eigenvalue weighted by atomic mass is 16.5. The Balaban J connectivity index is 1.39. The van der Waals surface area contributed by atoms with Gasteiger partial charge in [-0.15, -0.1) is 0 Å². The maximum Gasteiger partial charge on any atom is 0.273 e. The highest BCUT2D eigenvalue weighted by molar-refractivity contribution is 6.05. The highest BCUT2D eigenvalue weighted by Crippen LogP contribution is 2.30. The second-order valence-corrected chi connectivity index (χ2v) is 8.19. The molecule has 3 heterocycles. The number of fused-ring (bicyclic) bond motifs is 1. The van der Waals surface area contributed by atoms with E-state index in [1.807, 2.05) is 61.5 Å². The van der Waals surface area contributed by atoms with Crippen molar-refractivity contribution in [3.05, 3.63) is 72.3 Å². The Morgan fingerprint density at radius 2 is 1.91 bits per heavy atom. The summed E-state index contributed by atoms with van der Waals surface area (Å²) in [6.45, 7) is 3.58. The Hall–Kier alpha value is -3.87. The number of aryl methyl sites for hydroxylation is 3. The number of carbonyl (C=O) groups is 1. The van der Waals surface area contributed by atoms with Crippen molar-refractivity contribution in [1.29, 1.82) is 0 Å². The third-order valence-electron chi connectivity index (χ3n) is 5.93. The number of carbonyl (C=O) groups excluding carboxylic acids is 1. The molecule has 2 aromatic carbocycles. The van der Waals surface area contributed by atoms with Gasteiger partial charge in [0, 0.05) is 37.3 Å². The normalized spacial score (nSPS) is 12.9. The molecule has 1 aliphatic heterocycles. The Morgan fingerprint density at radius 1 is 1.09 bits per heavy atom. The fraction of sp³-hybridized carbons (Fsp3) is 0.269. The number of amides is 1. The van der Waals surface area contributed by atoms with Gasteiger partial charge in [0.25, 0.3) is 5.91 Å². The highest BCUT2D eigenvalue weighted by Gasteiger charge is 2.19. The first kappa shape index (κ1) is 21.0. The van der Waals surface area contributed by atoms with E-state index in [-0.39, 0.29) is 5.91 Å². The topological polar surface area (TPSA) is 74.0 Å². The predicted octanol–water partition coefficient (Wildman–Crippen LogP) is 4.94. The number of benzene rings is 2. The molecule has 2 aromatic heterocycles. The minimum atomic E-state index is -0.210. The lowest BCUT2D eigenvalue weighted by Gasteiger charge is -2.11. The average molecular weight is 442 g/mol. The standard InChI is InChI=1S/C26H27N5O2/c1-3-33-19-13-11-18(12-14-19)22-16-24(30(2)29-22)26(32)28-21-9-5-4-8-20(21)23-17-31-15-7-6-10-25(31)27-23/h4-5,8-9,11-14,16-17H,3,6-7,10,15H2,1-2H3,(H,28,32). The van der Waals surface area contributed by atoms with Crippen molar-refractivity contribution >= 4 is 11.6 Å². The van der Waals surface area contributed by atoms with Crippen molar-refractivity contribution in [2.75, 3.05) is 11.9 Å². The molecule has 0 aliphatic carbocycles. The van der Waals surface area contributed by atoms with Crippen LogP contribution in [0.2, 0.25) is 0 Å². The van der Waals surface area contributed by atoms with E-state index >= 15 is 0 Å². The average Bonchev–Trinajstić information content (AvgIpc) is 3.44. The number of hydrogen-bond acceptors (Lipinski definition) is 4.